The summed E-state index contributed by atoms with van der Waals surface area (Å²) < 4.78 is 16.7. The lowest BCUT2D eigenvalue weighted by Crippen LogP contribution is -2.06. The summed E-state index contributed by atoms with van der Waals surface area (Å²) in [7, 11) is 4.64. The van der Waals surface area contributed by atoms with Crippen LogP contribution in [0.15, 0.2) is 40.0 Å². The summed E-state index contributed by atoms with van der Waals surface area (Å²) in [6.45, 7) is 0. The second kappa shape index (κ2) is 7.78. The first kappa shape index (κ1) is 18.3. The fourth-order valence-corrected chi connectivity index (χ4v) is 3.39. The van der Waals surface area contributed by atoms with Gasteiger partial charge in [-0.05, 0) is 42.7 Å². The largest absolute Gasteiger partial charge is 0.497 e. The number of halogens is 1. The van der Waals surface area contributed by atoms with Gasteiger partial charge < -0.3 is 19.0 Å². The molecule has 2 aromatic carbocycles. The van der Waals surface area contributed by atoms with Gasteiger partial charge in [0.2, 0.25) is 0 Å². The van der Waals surface area contributed by atoms with E-state index in [1.165, 1.54) is 14.2 Å². The van der Waals surface area contributed by atoms with Gasteiger partial charge >= 0.3 is 5.97 Å². The number of methoxy groups -OCH3 is 3. The van der Waals surface area contributed by atoms with Crippen LogP contribution in [0.1, 0.15) is 27.9 Å². The highest BCUT2D eigenvalue weighted by Gasteiger charge is 2.25. The molecule has 0 unspecified atom stereocenters. The van der Waals surface area contributed by atoms with Crippen molar-refractivity contribution in [2.75, 3.05) is 21.3 Å². The average molecular weight is 420 g/mol. The van der Waals surface area contributed by atoms with Gasteiger partial charge in [0.1, 0.15) is 17.2 Å². The van der Waals surface area contributed by atoms with E-state index in [4.69, 9.17) is 19.0 Å². The normalized spacial score (nSPS) is 14.1. The molecule has 0 aliphatic heterocycles. The highest BCUT2D eigenvalue weighted by atomic mass is 79.9. The van der Waals surface area contributed by atoms with Gasteiger partial charge in [-0.15, -0.1) is 0 Å². The van der Waals surface area contributed by atoms with E-state index in [0.717, 1.165) is 22.0 Å². The van der Waals surface area contributed by atoms with Gasteiger partial charge in [0, 0.05) is 16.1 Å². The molecule has 1 aliphatic rings. The van der Waals surface area contributed by atoms with E-state index in [1.54, 1.807) is 25.3 Å². The molecule has 7 heteroatoms. The Labute approximate surface area is 159 Å². The number of carbonyl (C=O) groups is 1. The van der Waals surface area contributed by atoms with Gasteiger partial charge in [0.25, 0.3) is 0 Å². The number of ether oxygens (including phenoxy) is 3. The van der Waals surface area contributed by atoms with Gasteiger partial charge in [0.15, 0.2) is 0 Å². The van der Waals surface area contributed by atoms with Crippen LogP contribution in [-0.4, -0.2) is 33.0 Å². The molecule has 0 radical (unpaired) electrons. The van der Waals surface area contributed by atoms with Gasteiger partial charge in [-0.1, -0.05) is 21.1 Å². The van der Waals surface area contributed by atoms with Gasteiger partial charge in [-0.25, -0.2) is 4.79 Å². The average Bonchev–Trinajstić information content (AvgIpc) is 3.11. The smallest absolute Gasteiger partial charge is 0.366 e. The number of benzene rings is 2. The van der Waals surface area contributed by atoms with Gasteiger partial charge in [0.05, 0.1) is 32.6 Å². The minimum atomic E-state index is -0.586. The van der Waals surface area contributed by atoms with Crippen molar-refractivity contribution in [1.29, 1.82) is 0 Å². The molecule has 0 saturated heterocycles. The van der Waals surface area contributed by atoms with E-state index in [-0.39, 0.29) is 0 Å². The third kappa shape index (κ3) is 3.53. The zero-order chi connectivity index (χ0) is 18.7. The Bertz CT molecular complexity index is 856. The van der Waals surface area contributed by atoms with Crippen molar-refractivity contribution in [2.24, 2.45) is 5.16 Å². The van der Waals surface area contributed by atoms with Crippen LogP contribution in [0.2, 0.25) is 0 Å². The van der Waals surface area contributed by atoms with Crippen molar-refractivity contribution in [3.05, 3.63) is 51.5 Å². The summed E-state index contributed by atoms with van der Waals surface area (Å²) in [5.74, 6) is 1.12. The van der Waals surface area contributed by atoms with Gasteiger partial charge in [-0.3, -0.25) is 0 Å². The third-order valence-electron chi connectivity index (χ3n) is 4.16. The Morgan fingerprint density at radius 3 is 2.31 bits per heavy atom. The van der Waals surface area contributed by atoms with E-state index >= 15 is 0 Å². The predicted octanol–water partition coefficient (Wildman–Crippen LogP) is 3.98. The quantitative estimate of drug-likeness (QED) is 0.541. The number of hydrogen-bond acceptors (Lipinski definition) is 6. The molecule has 0 amide bonds. The molecule has 0 saturated carbocycles. The number of rotatable bonds is 5. The van der Waals surface area contributed by atoms with Crippen LogP contribution < -0.4 is 14.2 Å². The molecule has 0 fully saturated rings. The molecule has 0 spiro atoms. The molecule has 2 aromatic rings. The first-order valence-corrected chi connectivity index (χ1v) is 8.73. The molecule has 136 valence electrons. The number of nitrogens with zero attached hydrogens (tertiary/aromatic N) is 1. The van der Waals surface area contributed by atoms with Gasteiger partial charge in [-0.2, -0.15) is 0 Å². The second-order valence-corrected chi connectivity index (χ2v) is 6.48. The lowest BCUT2D eigenvalue weighted by atomic mass is 10.1. The van der Waals surface area contributed by atoms with Crippen LogP contribution in [0.5, 0.6) is 17.2 Å². The van der Waals surface area contributed by atoms with Crippen molar-refractivity contribution in [2.45, 2.75) is 12.8 Å². The lowest BCUT2D eigenvalue weighted by molar-refractivity contribution is 0.0515. The summed E-state index contributed by atoms with van der Waals surface area (Å²) in [6, 6.07) is 8.63. The third-order valence-corrected chi connectivity index (χ3v) is 4.91. The van der Waals surface area contributed by atoms with Crippen molar-refractivity contribution >= 4 is 27.6 Å². The summed E-state index contributed by atoms with van der Waals surface area (Å²) >= 11 is 3.54. The Kier molecular flexibility index (Phi) is 5.46. The van der Waals surface area contributed by atoms with Crippen LogP contribution in [0.25, 0.3) is 0 Å². The fourth-order valence-electron chi connectivity index (χ4n) is 2.87. The zero-order valence-corrected chi connectivity index (χ0v) is 16.3. The summed E-state index contributed by atoms with van der Waals surface area (Å²) in [6.07, 6.45) is 1.47. The minimum absolute atomic E-state index is 0.296. The van der Waals surface area contributed by atoms with Crippen LogP contribution in [-0.2, 0) is 11.3 Å². The topological polar surface area (TPSA) is 66.4 Å². The molecule has 0 bridgehead atoms. The van der Waals surface area contributed by atoms with Crippen LogP contribution in [0.3, 0.4) is 0 Å². The highest BCUT2D eigenvalue weighted by Crippen LogP contribution is 2.36. The van der Waals surface area contributed by atoms with E-state index in [9.17, 15) is 4.79 Å². The Morgan fingerprint density at radius 1 is 1.00 bits per heavy atom. The van der Waals surface area contributed by atoms with E-state index < -0.39 is 5.97 Å². The number of fused-ring (bicyclic) bond motifs is 1. The fraction of sp³-hybridized carbons (Fsp3) is 0.263. The molecule has 0 atom stereocenters. The highest BCUT2D eigenvalue weighted by molar-refractivity contribution is 9.10. The summed E-state index contributed by atoms with van der Waals surface area (Å²) in [4.78, 5) is 17.6. The maximum absolute atomic E-state index is 12.4. The maximum Gasteiger partial charge on any atom is 0.366 e. The SMILES string of the molecule is COc1cc(OC)cc(C(=O)O/N=C2/CCc3c(Br)ccc(OC)c32)c1. The molecule has 0 heterocycles. The molecule has 26 heavy (non-hydrogen) atoms. The summed E-state index contributed by atoms with van der Waals surface area (Å²) in [5.41, 5.74) is 2.95. The molecule has 1 aliphatic carbocycles. The molecule has 3 rings (SSSR count). The van der Waals surface area contributed by atoms with E-state index in [2.05, 4.69) is 21.1 Å². The monoisotopic (exact) mass is 419 g/mol. The minimum Gasteiger partial charge on any atom is -0.497 e. The van der Waals surface area contributed by atoms with E-state index in [1.807, 2.05) is 12.1 Å². The van der Waals surface area contributed by atoms with Crippen LogP contribution in [0, 0.1) is 0 Å². The molecule has 0 N–H and O–H groups in total. The van der Waals surface area contributed by atoms with Crippen molar-refractivity contribution in [1.82, 2.24) is 0 Å². The first-order chi connectivity index (χ1) is 12.6. The number of carbonyl (C=O) groups excluding carboxylic acids is 1. The number of oxime groups is 1. The van der Waals surface area contributed by atoms with Crippen molar-refractivity contribution < 1.29 is 23.8 Å². The number of hydrogen-bond donors (Lipinski definition) is 0. The molecular formula is C19H18BrNO5. The predicted molar refractivity (Wildman–Crippen MR) is 101 cm³/mol. The molecule has 6 nitrogen and oxygen atoms in total. The lowest BCUT2D eigenvalue weighted by Gasteiger charge is -2.09. The Hall–Kier alpha value is -2.54. The Morgan fingerprint density at radius 2 is 1.69 bits per heavy atom. The van der Waals surface area contributed by atoms with Crippen LogP contribution in [0.4, 0.5) is 0 Å². The van der Waals surface area contributed by atoms with Crippen LogP contribution >= 0.6 is 15.9 Å². The van der Waals surface area contributed by atoms with Crippen molar-refractivity contribution in [3.8, 4) is 17.2 Å². The summed E-state index contributed by atoms with van der Waals surface area (Å²) in [5, 5.41) is 4.09. The first-order valence-electron chi connectivity index (χ1n) is 7.94. The maximum atomic E-state index is 12.4. The standard InChI is InChI=1S/C19H18BrNO5/c1-23-12-8-11(9-13(10-12)24-2)19(22)26-21-16-6-4-14-15(20)5-7-17(25-3)18(14)16/h5,7-10H,4,6H2,1-3H3/b21-16-. The Balaban J connectivity index is 1.87. The molecule has 0 aromatic heterocycles. The molecular weight excluding hydrogens is 402 g/mol. The van der Waals surface area contributed by atoms with Crippen molar-refractivity contribution in [3.63, 3.8) is 0 Å². The van der Waals surface area contributed by atoms with E-state index in [0.29, 0.717) is 34.9 Å². The zero-order valence-electron chi connectivity index (χ0n) is 14.7. The second-order valence-electron chi connectivity index (χ2n) is 5.62.